The normalized spacial score (nSPS) is 10.2. The minimum Gasteiger partial charge on any atom is -0.465 e. The number of benzene rings is 1. The highest BCUT2D eigenvalue weighted by atomic mass is 32.1. The molecule has 0 aliphatic heterocycles. The molecule has 0 aliphatic rings. The Morgan fingerprint density at radius 1 is 1.27 bits per heavy atom. The molecule has 0 bridgehead atoms. The van der Waals surface area contributed by atoms with Crippen molar-refractivity contribution in [2.45, 2.75) is 20.0 Å². The van der Waals surface area contributed by atoms with Gasteiger partial charge in [0.05, 0.1) is 0 Å². The van der Waals surface area contributed by atoms with Crippen molar-refractivity contribution < 1.29 is 4.74 Å². The second-order valence-corrected chi connectivity index (χ2v) is 4.07. The van der Waals surface area contributed by atoms with E-state index in [2.05, 4.69) is 30.1 Å². The maximum Gasteiger partial charge on any atom is 0.273 e. The summed E-state index contributed by atoms with van der Waals surface area (Å²) in [7, 11) is 0. The summed E-state index contributed by atoms with van der Waals surface area (Å²) in [6, 6.07) is 8.35. The van der Waals surface area contributed by atoms with E-state index in [4.69, 9.17) is 4.74 Å². The summed E-state index contributed by atoms with van der Waals surface area (Å²) in [5.74, 6) is 0. The SMILES string of the molecule is CCc1ccccc1COc1nccs1. The van der Waals surface area contributed by atoms with E-state index < -0.39 is 0 Å². The molecular formula is C12H13NOS. The Labute approximate surface area is 93.6 Å². The van der Waals surface area contributed by atoms with Crippen molar-refractivity contribution in [2.75, 3.05) is 0 Å². The van der Waals surface area contributed by atoms with Crippen LogP contribution in [0.1, 0.15) is 18.1 Å². The molecule has 0 radical (unpaired) electrons. The van der Waals surface area contributed by atoms with Crippen LogP contribution in [0.3, 0.4) is 0 Å². The Hall–Kier alpha value is -1.35. The molecule has 15 heavy (non-hydrogen) atoms. The van der Waals surface area contributed by atoms with Gasteiger partial charge in [-0.05, 0) is 17.5 Å². The molecule has 0 spiro atoms. The van der Waals surface area contributed by atoms with Gasteiger partial charge < -0.3 is 4.74 Å². The minimum atomic E-state index is 0.609. The maximum atomic E-state index is 5.58. The van der Waals surface area contributed by atoms with Crippen LogP contribution in [0.25, 0.3) is 0 Å². The van der Waals surface area contributed by atoms with E-state index in [0.717, 1.165) is 11.6 Å². The van der Waals surface area contributed by atoms with E-state index in [0.29, 0.717) is 6.61 Å². The molecule has 0 fully saturated rings. The van der Waals surface area contributed by atoms with Crippen molar-refractivity contribution in [1.82, 2.24) is 4.98 Å². The molecule has 3 heteroatoms. The third-order valence-corrected chi connectivity index (χ3v) is 2.94. The van der Waals surface area contributed by atoms with Crippen molar-refractivity contribution >= 4 is 11.3 Å². The Bertz CT molecular complexity index is 411. The summed E-state index contributed by atoms with van der Waals surface area (Å²) in [6.45, 7) is 2.76. The third kappa shape index (κ3) is 2.57. The predicted octanol–water partition coefficient (Wildman–Crippen LogP) is 3.28. The Morgan fingerprint density at radius 3 is 2.73 bits per heavy atom. The fourth-order valence-corrected chi connectivity index (χ4v) is 1.95. The van der Waals surface area contributed by atoms with E-state index in [9.17, 15) is 0 Å². The lowest BCUT2D eigenvalue weighted by Gasteiger charge is -2.07. The summed E-state index contributed by atoms with van der Waals surface area (Å²) in [6.07, 6.45) is 2.79. The molecule has 0 atom stereocenters. The Balaban J connectivity index is 2.04. The first kappa shape index (κ1) is 10.2. The van der Waals surface area contributed by atoms with Gasteiger partial charge in [-0.1, -0.05) is 42.5 Å². The quantitative estimate of drug-likeness (QED) is 0.787. The van der Waals surface area contributed by atoms with E-state index in [1.807, 2.05) is 11.4 Å². The highest BCUT2D eigenvalue weighted by Gasteiger charge is 2.01. The van der Waals surface area contributed by atoms with Gasteiger partial charge in [0.1, 0.15) is 6.61 Å². The van der Waals surface area contributed by atoms with Crippen molar-refractivity contribution in [3.8, 4) is 5.19 Å². The van der Waals surface area contributed by atoms with E-state index in [1.165, 1.54) is 22.5 Å². The van der Waals surface area contributed by atoms with Crippen LogP contribution >= 0.6 is 11.3 Å². The van der Waals surface area contributed by atoms with E-state index in [-0.39, 0.29) is 0 Å². The number of hydrogen-bond donors (Lipinski definition) is 0. The number of rotatable bonds is 4. The molecule has 0 saturated carbocycles. The molecular weight excluding hydrogens is 206 g/mol. The van der Waals surface area contributed by atoms with Crippen LogP contribution in [0.5, 0.6) is 5.19 Å². The average molecular weight is 219 g/mol. The van der Waals surface area contributed by atoms with Crippen LogP contribution in [-0.2, 0) is 13.0 Å². The lowest BCUT2D eigenvalue weighted by Crippen LogP contribution is -1.98. The van der Waals surface area contributed by atoms with Gasteiger partial charge in [0.2, 0.25) is 0 Å². The summed E-state index contributed by atoms with van der Waals surface area (Å²) in [5.41, 5.74) is 2.59. The van der Waals surface area contributed by atoms with Crippen LogP contribution in [0.4, 0.5) is 0 Å². The second-order valence-electron chi connectivity index (χ2n) is 3.21. The summed E-state index contributed by atoms with van der Waals surface area (Å²) < 4.78 is 5.58. The highest BCUT2D eigenvalue weighted by molar-refractivity contribution is 7.11. The summed E-state index contributed by atoms with van der Waals surface area (Å²) in [4.78, 5) is 4.08. The number of nitrogens with zero attached hydrogens (tertiary/aromatic N) is 1. The molecule has 2 aromatic rings. The van der Waals surface area contributed by atoms with Gasteiger partial charge in [-0.15, -0.1) is 0 Å². The zero-order chi connectivity index (χ0) is 10.5. The first-order chi connectivity index (χ1) is 7.40. The molecule has 1 aromatic heterocycles. The number of aryl methyl sites for hydroxylation is 1. The van der Waals surface area contributed by atoms with Gasteiger partial charge >= 0.3 is 0 Å². The zero-order valence-corrected chi connectivity index (χ0v) is 9.46. The largest absolute Gasteiger partial charge is 0.465 e. The van der Waals surface area contributed by atoms with Crippen LogP contribution < -0.4 is 4.74 Å². The van der Waals surface area contributed by atoms with E-state index >= 15 is 0 Å². The fourth-order valence-electron chi connectivity index (χ4n) is 1.46. The number of aromatic nitrogens is 1. The van der Waals surface area contributed by atoms with E-state index in [1.54, 1.807) is 6.20 Å². The first-order valence-electron chi connectivity index (χ1n) is 4.99. The number of thiazole rings is 1. The molecule has 0 amide bonds. The second kappa shape index (κ2) is 4.94. The van der Waals surface area contributed by atoms with Crippen molar-refractivity contribution in [2.24, 2.45) is 0 Å². The fraction of sp³-hybridized carbons (Fsp3) is 0.250. The zero-order valence-electron chi connectivity index (χ0n) is 8.64. The topological polar surface area (TPSA) is 22.1 Å². The Morgan fingerprint density at radius 2 is 2.07 bits per heavy atom. The lowest BCUT2D eigenvalue weighted by atomic mass is 10.1. The molecule has 0 N–H and O–H groups in total. The van der Waals surface area contributed by atoms with Gasteiger partial charge in [-0.2, -0.15) is 0 Å². The molecule has 0 saturated heterocycles. The molecule has 0 aliphatic carbocycles. The molecule has 1 heterocycles. The average Bonchev–Trinajstić information content (AvgIpc) is 2.79. The maximum absolute atomic E-state index is 5.58. The number of hydrogen-bond acceptors (Lipinski definition) is 3. The monoisotopic (exact) mass is 219 g/mol. The molecule has 2 nitrogen and oxygen atoms in total. The highest BCUT2D eigenvalue weighted by Crippen LogP contribution is 2.17. The molecule has 78 valence electrons. The van der Waals surface area contributed by atoms with Crippen molar-refractivity contribution in [3.63, 3.8) is 0 Å². The van der Waals surface area contributed by atoms with Gasteiger partial charge in [0.25, 0.3) is 5.19 Å². The first-order valence-corrected chi connectivity index (χ1v) is 5.87. The van der Waals surface area contributed by atoms with Crippen LogP contribution in [0, 0.1) is 0 Å². The lowest BCUT2D eigenvalue weighted by molar-refractivity contribution is 0.303. The molecule has 1 aromatic carbocycles. The Kier molecular flexibility index (Phi) is 3.35. The minimum absolute atomic E-state index is 0.609. The van der Waals surface area contributed by atoms with Gasteiger partial charge in [0.15, 0.2) is 0 Å². The van der Waals surface area contributed by atoms with Crippen LogP contribution in [0.15, 0.2) is 35.8 Å². The van der Waals surface area contributed by atoms with Gasteiger partial charge in [0, 0.05) is 11.6 Å². The van der Waals surface area contributed by atoms with Gasteiger partial charge in [-0.25, -0.2) is 4.98 Å². The molecule has 2 rings (SSSR count). The predicted molar refractivity (Wildman–Crippen MR) is 62.3 cm³/mol. The standard InChI is InChI=1S/C12H13NOS/c1-2-10-5-3-4-6-11(10)9-14-12-13-7-8-15-12/h3-8H,2,9H2,1H3. The van der Waals surface area contributed by atoms with Crippen molar-refractivity contribution in [3.05, 3.63) is 47.0 Å². The smallest absolute Gasteiger partial charge is 0.273 e. The summed E-state index contributed by atoms with van der Waals surface area (Å²) in [5, 5.41) is 2.65. The van der Waals surface area contributed by atoms with Crippen LogP contribution in [-0.4, -0.2) is 4.98 Å². The molecule has 0 unspecified atom stereocenters. The van der Waals surface area contributed by atoms with Gasteiger partial charge in [-0.3, -0.25) is 0 Å². The number of ether oxygens (including phenoxy) is 1. The summed E-state index contributed by atoms with van der Waals surface area (Å²) >= 11 is 1.52. The van der Waals surface area contributed by atoms with Crippen molar-refractivity contribution in [1.29, 1.82) is 0 Å². The van der Waals surface area contributed by atoms with Crippen LogP contribution in [0.2, 0.25) is 0 Å². The third-order valence-electron chi connectivity index (χ3n) is 2.26.